The van der Waals surface area contributed by atoms with Crippen LogP contribution >= 0.6 is 12.4 Å². The molecule has 1 amide bonds. The van der Waals surface area contributed by atoms with Crippen molar-refractivity contribution >= 4 is 18.5 Å². The van der Waals surface area contributed by atoms with E-state index in [0.29, 0.717) is 24.5 Å². The standard InChI is InChI=1S/C12H22N2O2.ClH/c1-11(2,3)9-12(8-13-9)4-6-14(7-5-12)10(15)16;/h9,13H,4-8H2,1-3H3,(H,15,16);1H/p-1. The molecular weight excluding hydrogens is 240 g/mol. The molecule has 1 atom stereocenters. The summed E-state index contributed by atoms with van der Waals surface area (Å²) in [5, 5.41) is 14.3. The van der Waals surface area contributed by atoms with E-state index >= 15 is 0 Å². The van der Waals surface area contributed by atoms with Gasteiger partial charge in [-0.15, -0.1) is 12.4 Å². The number of carbonyl (C=O) groups excluding carboxylic acids is 1. The third-order valence-corrected chi connectivity index (χ3v) is 4.15. The van der Waals surface area contributed by atoms with Crippen molar-refractivity contribution in [3.8, 4) is 0 Å². The molecule has 0 radical (unpaired) electrons. The van der Waals surface area contributed by atoms with Gasteiger partial charge in [0.15, 0.2) is 0 Å². The average Bonchev–Trinajstić information content (AvgIpc) is 2.13. The molecule has 0 aromatic carbocycles. The lowest BCUT2D eigenvalue weighted by Crippen LogP contribution is -2.70. The molecule has 2 fully saturated rings. The lowest BCUT2D eigenvalue weighted by Gasteiger charge is -2.59. The van der Waals surface area contributed by atoms with E-state index in [1.165, 1.54) is 4.90 Å². The fraction of sp³-hybridized carbons (Fsp3) is 0.917. The maximum absolute atomic E-state index is 10.7. The molecule has 100 valence electrons. The molecule has 1 N–H and O–H groups in total. The molecule has 1 spiro atoms. The largest absolute Gasteiger partial charge is 0.530 e. The number of amides is 1. The fourth-order valence-electron chi connectivity index (χ4n) is 3.32. The lowest BCUT2D eigenvalue weighted by atomic mass is 9.59. The van der Waals surface area contributed by atoms with Crippen molar-refractivity contribution in [2.24, 2.45) is 10.8 Å². The Hall–Kier alpha value is -0.480. The Balaban J connectivity index is 0.00000144. The zero-order valence-corrected chi connectivity index (χ0v) is 11.6. The molecule has 0 bridgehead atoms. The number of piperidine rings is 1. The van der Waals surface area contributed by atoms with Gasteiger partial charge in [0.1, 0.15) is 6.09 Å². The first-order chi connectivity index (χ1) is 7.35. The summed E-state index contributed by atoms with van der Waals surface area (Å²) in [6.07, 6.45) is 0.917. The molecule has 4 nitrogen and oxygen atoms in total. The lowest BCUT2D eigenvalue weighted by molar-refractivity contribution is -0.268. The van der Waals surface area contributed by atoms with Gasteiger partial charge in [0.2, 0.25) is 0 Å². The van der Waals surface area contributed by atoms with Crippen molar-refractivity contribution in [1.29, 1.82) is 0 Å². The normalized spacial score (nSPS) is 27.2. The van der Waals surface area contributed by atoms with Crippen molar-refractivity contribution in [1.82, 2.24) is 10.2 Å². The van der Waals surface area contributed by atoms with E-state index < -0.39 is 6.09 Å². The van der Waals surface area contributed by atoms with Crippen molar-refractivity contribution in [2.75, 3.05) is 19.6 Å². The third kappa shape index (κ3) is 2.52. The van der Waals surface area contributed by atoms with E-state index in [1.807, 2.05) is 0 Å². The Labute approximate surface area is 109 Å². The smallest absolute Gasteiger partial charge is 0.136 e. The highest BCUT2D eigenvalue weighted by molar-refractivity contribution is 5.85. The molecule has 1 unspecified atom stereocenters. The number of nitrogens with zero attached hydrogens (tertiary/aromatic N) is 1. The molecule has 0 aromatic rings. The fourth-order valence-corrected chi connectivity index (χ4v) is 3.32. The molecule has 2 aliphatic rings. The van der Waals surface area contributed by atoms with Gasteiger partial charge in [0.25, 0.3) is 0 Å². The van der Waals surface area contributed by atoms with Crippen molar-refractivity contribution in [3.05, 3.63) is 0 Å². The van der Waals surface area contributed by atoms with E-state index in [4.69, 9.17) is 0 Å². The zero-order chi connectivity index (χ0) is 12.0. The van der Waals surface area contributed by atoms with E-state index in [1.54, 1.807) is 0 Å². The van der Waals surface area contributed by atoms with Crippen LogP contribution in [0, 0.1) is 10.8 Å². The number of nitrogens with one attached hydrogen (secondary N) is 1. The second-order valence-corrected chi connectivity index (χ2v) is 6.30. The van der Waals surface area contributed by atoms with Crippen LogP contribution < -0.4 is 10.4 Å². The summed E-state index contributed by atoms with van der Waals surface area (Å²) in [6, 6.07) is 0.518. The van der Waals surface area contributed by atoms with Crippen LogP contribution in [-0.4, -0.2) is 36.7 Å². The number of hydrogen-bond acceptors (Lipinski definition) is 3. The SMILES string of the molecule is CC(C)(C)C1NCC12CCN(C(=O)[O-])CC2.Cl. The van der Waals surface area contributed by atoms with Gasteiger partial charge < -0.3 is 20.1 Å². The summed E-state index contributed by atoms with van der Waals surface area (Å²) in [7, 11) is 0. The Bertz CT molecular complexity index is 293. The highest BCUT2D eigenvalue weighted by Gasteiger charge is 2.52. The second-order valence-electron chi connectivity index (χ2n) is 6.30. The minimum absolute atomic E-state index is 0. The van der Waals surface area contributed by atoms with E-state index in [0.717, 1.165) is 19.4 Å². The molecule has 2 aliphatic heterocycles. The van der Waals surface area contributed by atoms with Crippen LogP contribution in [-0.2, 0) is 0 Å². The summed E-state index contributed by atoms with van der Waals surface area (Å²) in [5.41, 5.74) is 0.575. The molecule has 17 heavy (non-hydrogen) atoms. The van der Waals surface area contributed by atoms with Crippen molar-refractivity contribution in [3.63, 3.8) is 0 Å². The molecule has 0 aromatic heterocycles. The maximum Gasteiger partial charge on any atom is 0.136 e. The molecule has 2 saturated heterocycles. The first-order valence-electron chi connectivity index (χ1n) is 6.04. The van der Waals surface area contributed by atoms with Crippen molar-refractivity contribution in [2.45, 2.75) is 39.7 Å². The Morgan fingerprint density at radius 2 is 1.88 bits per heavy atom. The molecule has 5 heteroatoms. The van der Waals surface area contributed by atoms with E-state index in [9.17, 15) is 9.90 Å². The number of carboxylic acid groups (broad SMARTS) is 1. The monoisotopic (exact) mass is 261 g/mol. The van der Waals surface area contributed by atoms with Crippen LogP contribution in [0.1, 0.15) is 33.6 Å². The van der Waals surface area contributed by atoms with Gasteiger partial charge in [0.05, 0.1) is 0 Å². The predicted molar refractivity (Wildman–Crippen MR) is 67.1 cm³/mol. The minimum atomic E-state index is -1.02. The minimum Gasteiger partial charge on any atom is -0.530 e. The second kappa shape index (κ2) is 4.65. The zero-order valence-electron chi connectivity index (χ0n) is 10.8. The quantitative estimate of drug-likeness (QED) is 0.704. The molecule has 2 heterocycles. The van der Waals surface area contributed by atoms with Gasteiger partial charge in [-0.3, -0.25) is 0 Å². The summed E-state index contributed by atoms with van der Waals surface area (Å²) in [5.74, 6) is 0. The molecular formula is C12H22ClN2O2-. The Morgan fingerprint density at radius 1 is 1.35 bits per heavy atom. The van der Waals surface area contributed by atoms with Gasteiger partial charge in [-0.25, -0.2) is 0 Å². The summed E-state index contributed by atoms with van der Waals surface area (Å²) in [6.45, 7) is 9.05. The highest BCUT2D eigenvalue weighted by atomic mass is 35.5. The highest BCUT2D eigenvalue weighted by Crippen LogP contribution is 2.47. The number of rotatable bonds is 0. The Kier molecular flexibility index (Phi) is 3.99. The first kappa shape index (κ1) is 14.6. The van der Waals surface area contributed by atoms with Crippen LogP contribution in [0.4, 0.5) is 4.79 Å². The Morgan fingerprint density at radius 3 is 2.18 bits per heavy atom. The van der Waals surface area contributed by atoms with E-state index in [2.05, 4.69) is 26.1 Å². The average molecular weight is 262 g/mol. The van der Waals surface area contributed by atoms with Gasteiger partial charge in [-0.1, -0.05) is 20.8 Å². The van der Waals surface area contributed by atoms with Crippen molar-refractivity contribution < 1.29 is 9.90 Å². The number of hydrogen-bond donors (Lipinski definition) is 1. The first-order valence-corrected chi connectivity index (χ1v) is 6.04. The number of carbonyl (C=O) groups is 1. The summed E-state index contributed by atoms with van der Waals surface area (Å²) < 4.78 is 0. The topological polar surface area (TPSA) is 55.4 Å². The predicted octanol–water partition coefficient (Wildman–Crippen LogP) is 0.852. The van der Waals surface area contributed by atoms with Gasteiger partial charge in [-0.2, -0.15) is 0 Å². The van der Waals surface area contributed by atoms with Gasteiger partial charge >= 0.3 is 0 Å². The molecule has 0 saturated carbocycles. The van der Waals surface area contributed by atoms with Crippen LogP contribution in [0.15, 0.2) is 0 Å². The maximum atomic E-state index is 10.7. The van der Waals surface area contributed by atoms with Gasteiger partial charge in [0, 0.05) is 31.1 Å². The molecule has 2 rings (SSSR count). The summed E-state index contributed by atoms with van der Waals surface area (Å²) >= 11 is 0. The van der Waals surface area contributed by atoms with Gasteiger partial charge in [-0.05, 0) is 18.3 Å². The summed E-state index contributed by atoms with van der Waals surface area (Å²) in [4.78, 5) is 12.2. The third-order valence-electron chi connectivity index (χ3n) is 4.15. The molecule has 0 aliphatic carbocycles. The van der Waals surface area contributed by atoms with E-state index in [-0.39, 0.29) is 17.8 Å². The number of likely N-dealkylation sites (tertiary alicyclic amines) is 1. The van der Waals surface area contributed by atoms with Crippen LogP contribution in [0.25, 0.3) is 0 Å². The number of halogens is 1. The van der Waals surface area contributed by atoms with Crippen LogP contribution in [0.2, 0.25) is 0 Å². The van der Waals surface area contributed by atoms with Crippen LogP contribution in [0.5, 0.6) is 0 Å². The van der Waals surface area contributed by atoms with Crippen LogP contribution in [0.3, 0.4) is 0 Å².